The molecule has 2 aliphatic heterocycles. The minimum Gasteiger partial charge on any atom is -0.381 e. The van der Waals surface area contributed by atoms with Crippen LogP contribution in [-0.4, -0.2) is 31.2 Å². The van der Waals surface area contributed by atoms with Crippen molar-refractivity contribution in [3.8, 4) is 6.07 Å². The summed E-state index contributed by atoms with van der Waals surface area (Å²) in [6.45, 7) is 5.09. The Morgan fingerprint density at radius 1 is 1.42 bits per heavy atom. The standard InChI is InChI=1S/C15H17BrN2O/c16-14-7-12(8-17)1-2-13(14)9-18-5-3-15(10-18)4-6-19-11-15/h1-2,7H,3-6,9-11H2. The molecular formula is C15H17BrN2O. The lowest BCUT2D eigenvalue weighted by molar-refractivity contribution is 0.151. The quantitative estimate of drug-likeness (QED) is 0.840. The third-order valence-corrected chi connectivity index (χ3v) is 5.02. The third kappa shape index (κ3) is 2.69. The lowest BCUT2D eigenvalue weighted by atomic mass is 9.87. The van der Waals surface area contributed by atoms with Crippen LogP contribution in [0.3, 0.4) is 0 Å². The van der Waals surface area contributed by atoms with Gasteiger partial charge in [0.25, 0.3) is 0 Å². The Hall–Kier alpha value is -0.890. The first-order valence-electron chi connectivity index (χ1n) is 6.69. The number of rotatable bonds is 2. The second-order valence-electron chi connectivity index (χ2n) is 5.68. The molecule has 0 N–H and O–H groups in total. The Bertz CT molecular complexity index is 517. The predicted molar refractivity (Wildman–Crippen MR) is 76.6 cm³/mol. The first-order valence-corrected chi connectivity index (χ1v) is 7.49. The Labute approximate surface area is 122 Å². The molecule has 2 saturated heterocycles. The average Bonchev–Trinajstić information content (AvgIpc) is 3.03. The van der Waals surface area contributed by atoms with Crippen LogP contribution in [0.4, 0.5) is 0 Å². The molecular weight excluding hydrogens is 304 g/mol. The van der Waals surface area contributed by atoms with Crippen molar-refractivity contribution in [2.75, 3.05) is 26.3 Å². The van der Waals surface area contributed by atoms with Gasteiger partial charge in [0.2, 0.25) is 0 Å². The van der Waals surface area contributed by atoms with Gasteiger partial charge in [-0.1, -0.05) is 22.0 Å². The molecule has 2 aliphatic rings. The van der Waals surface area contributed by atoms with Crippen LogP contribution in [0.15, 0.2) is 22.7 Å². The molecule has 0 bridgehead atoms. The van der Waals surface area contributed by atoms with Crippen molar-refractivity contribution in [2.45, 2.75) is 19.4 Å². The van der Waals surface area contributed by atoms with Crippen LogP contribution in [-0.2, 0) is 11.3 Å². The van der Waals surface area contributed by atoms with E-state index in [-0.39, 0.29) is 0 Å². The fourth-order valence-corrected chi connectivity index (χ4v) is 3.62. The minimum atomic E-state index is 0.416. The maximum atomic E-state index is 8.88. The van der Waals surface area contributed by atoms with Gasteiger partial charge < -0.3 is 4.74 Å². The molecule has 19 heavy (non-hydrogen) atoms. The summed E-state index contributed by atoms with van der Waals surface area (Å²) in [6.07, 6.45) is 2.46. The summed E-state index contributed by atoms with van der Waals surface area (Å²) in [4.78, 5) is 2.50. The van der Waals surface area contributed by atoms with Crippen LogP contribution in [0.5, 0.6) is 0 Å². The van der Waals surface area contributed by atoms with Gasteiger partial charge in [-0.2, -0.15) is 5.26 Å². The largest absolute Gasteiger partial charge is 0.381 e. The number of nitrogens with zero attached hydrogens (tertiary/aromatic N) is 2. The van der Waals surface area contributed by atoms with Crippen LogP contribution in [0.2, 0.25) is 0 Å². The summed E-state index contributed by atoms with van der Waals surface area (Å²) in [6, 6.07) is 8.02. The monoisotopic (exact) mass is 320 g/mol. The van der Waals surface area contributed by atoms with E-state index in [9.17, 15) is 0 Å². The molecule has 1 aromatic rings. The van der Waals surface area contributed by atoms with Crippen LogP contribution in [0.25, 0.3) is 0 Å². The van der Waals surface area contributed by atoms with Gasteiger partial charge in [0.05, 0.1) is 18.2 Å². The summed E-state index contributed by atoms with van der Waals surface area (Å²) in [7, 11) is 0. The number of ether oxygens (including phenoxy) is 1. The Kier molecular flexibility index (Phi) is 3.62. The van der Waals surface area contributed by atoms with Crippen LogP contribution in [0, 0.1) is 16.7 Å². The van der Waals surface area contributed by atoms with Crippen LogP contribution in [0.1, 0.15) is 24.0 Å². The van der Waals surface area contributed by atoms with E-state index < -0.39 is 0 Å². The highest BCUT2D eigenvalue weighted by Crippen LogP contribution is 2.38. The van der Waals surface area contributed by atoms with E-state index in [1.807, 2.05) is 12.1 Å². The van der Waals surface area contributed by atoms with E-state index in [1.165, 1.54) is 18.4 Å². The molecule has 1 unspecified atom stereocenters. The summed E-state index contributed by atoms with van der Waals surface area (Å²) in [5, 5.41) is 8.88. The number of likely N-dealkylation sites (tertiary alicyclic amines) is 1. The van der Waals surface area contributed by atoms with Gasteiger partial charge in [0, 0.05) is 29.6 Å². The van der Waals surface area contributed by atoms with Gasteiger partial charge in [-0.3, -0.25) is 4.90 Å². The number of hydrogen-bond donors (Lipinski definition) is 0. The van der Waals surface area contributed by atoms with Gasteiger partial charge in [0.1, 0.15) is 0 Å². The molecule has 0 radical (unpaired) electrons. The Morgan fingerprint density at radius 3 is 3.00 bits per heavy atom. The van der Waals surface area contributed by atoms with Gasteiger partial charge in [-0.05, 0) is 37.1 Å². The summed E-state index contributed by atoms with van der Waals surface area (Å²) in [5.41, 5.74) is 2.38. The highest BCUT2D eigenvalue weighted by Gasteiger charge is 2.41. The molecule has 1 aromatic carbocycles. The lowest BCUT2D eigenvalue weighted by Crippen LogP contribution is -2.27. The fraction of sp³-hybridized carbons (Fsp3) is 0.533. The number of hydrogen-bond acceptors (Lipinski definition) is 3. The molecule has 100 valence electrons. The topological polar surface area (TPSA) is 36.3 Å². The molecule has 3 rings (SSSR count). The van der Waals surface area contributed by atoms with Crippen molar-refractivity contribution in [1.29, 1.82) is 5.26 Å². The van der Waals surface area contributed by atoms with E-state index in [0.717, 1.165) is 37.3 Å². The van der Waals surface area contributed by atoms with Gasteiger partial charge >= 0.3 is 0 Å². The Morgan fingerprint density at radius 2 is 2.32 bits per heavy atom. The Balaban J connectivity index is 1.68. The molecule has 0 aliphatic carbocycles. The van der Waals surface area contributed by atoms with Crippen molar-refractivity contribution in [2.24, 2.45) is 5.41 Å². The predicted octanol–water partition coefficient (Wildman–Crippen LogP) is 2.93. The van der Waals surface area contributed by atoms with E-state index in [4.69, 9.17) is 10.00 Å². The van der Waals surface area contributed by atoms with Crippen LogP contribution >= 0.6 is 15.9 Å². The molecule has 3 nitrogen and oxygen atoms in total. The van der Waals surface area contributed by atoms with E-state index in [2.05, 4.69) is 33.0 Å². The summed E-state index contributed by atoms with van der Waals surface area (Å²) >= 11 is 3.57. The van der Waals surface area contributed by atoms with E-state index in [1.54, 1.807) is 0 Å². The SMILES string of the molecule is N#Cc1ccc(CN2CCC3(CCOC3)C2)c(Br)c1. The highest BCUT2D eigenvalue weighted by atomic mass is 79.9. The summed E-state index contributed by atoms with van der Waals surface area (Å²) < 4.78 is 6.60. The zero-order valence-electron chi connectivity index (χ0n) is 10.9. The van der Waals surface area contributed by atoms with Crippen molar-refractivity contribution in [3.05, 3.63) is 33.8 Å². The van der Waals surface area contributed by atoms with E-state index >= 15 is 0 Å². The lowest BCUT2D eigenvalue weighted by Gasteiger charge is -2.22. The van der Waals surface area contributed by atoms with Crippen molar-refractivity contribution in [3.63, 3.8) is 0 Å². The minimum absolute atomic E-state index is 0.416. The maximum absolute atomic E-state index is 8.88. The number of halogens is 1. The molecule has 0 amide bonds. The normalized spacial score (nSPS) is 26.9. The zero-order chi connectivity index (χ0) is 13.3. The average molecular weight is 321 g/mol. The third-order valence-electron chi connectivity index (χ3n) is 4.28. The highest BCUT2D eigenvalue weighted by molar-refractivity contribution is 9.10. The first-order chi connectivity index (χ1) is 9.21. The molecule has 4 heteroatoms. The fourth-order valence-electron chi connectivity index (χ4n) is 3.12. The van der Waals surface area contributed by atoms with Crippen molar-refractivity contribution in [1.82, 2.24) is 4.90 Å². The summed E-state index contributed by atoms with van der Waals surface area (Å²) in [5.74, 6) is 0. The van der Waals surface area contributed by atoms with Crippen LogP contribution < -0.4 is 0 Å². The number of benzene rings is 1. The molecule has 0 saturated carbocycles. The second kappa shape index (κ2) is 5.24. The maximum Gasteiger partial charge on any atom is 0.0992 e. The van der Waals surface area contributed by atoms with Gasteiger partial charge in [-0.25, -0.2) is 0 Å². The molecule has 2 fully saturated rings. The van der Waals surface area contributed by atoms with Gasteiger partial charge in [0.15, 0.2) is 0 Å². The van der Waals surface area contributed by atoms with Crippen molar-refractivity contribution >= 4 is 15.9 Å². The number of nitriles is 1. The molecule has 1 spiro atoms. The van der Waals surface area contributed by atoms with E-state index in [0.29, 0.717) is 11.0 Å². The zero-order valence-corrected chi connectivity index (χ0v) is 12.4. The molecule has 0 aromatic heterocycles. The smallest absolute Gasteiger partial charge is 0.0992 e. The molecule has 2 heterocycles. The van der Waals surface area contributed by atoms with Gasteiger partial charge in [-0.15, -0.1) is 0 Å². The first kappa shape index (κ1) is 13.1. The van der Waals surface area contributed by atoms with Crippen molar-refractivity contribution < 1.29 is 4.74 Å². The molecule has 1 atom stereocenters. The second-order valence-corrected chi connectivity index (χ2v) is 6.54.